The average molecular weight is 301 g/mol. The molecule has 22 heavy (non-hydrogen) atoms. The van der Waals surface area contributed by atoms with Crippen LogP contribution in [0.1, 0.15) is 54.4 Å². The number of fused-ring (bicyclic) bond motifs is 1. The third kappa shape index (κ3) is 2.58. The minimum absolute atomic E-state index is 0.0853. The number of ketones is 1. The number of esters is 1. The third-order valence-corrected chi connectivity index (χ3v) is 3.90. The molecule has 0 N–H and O–H groups in total. The molecule has 3 heterocycles. The standard InChI is InChI=1S/C17H19NO4/c1-11(2)22-17(20)13-4-3-8-18-14(13)5-6-15(18)16(19)12-7-9-21-10-12/h5-7,9-11,13H,3-4,8H2,1-2H3. The van der Waals surface area contributed by atoms with Crippen molar-refractivity contribution in [3.05, 3.63) is 47.7 Å². The molecule has 1 aliphatic rings. The van der Waals surface area contributed by atoms with Gasteiger partial charge in [0, 0.05) is 12.2 Å². The van der Waals surface area contributed by atoms with Crippen LogP contribution in [0.5, 0.6) is 0 Å². The summed E-state index contributed by atoms with van der Waals surface area (Å²) >= 11 is 0. The summed E-state index contributed by atoms with van der Waals surface area (Å²) in [5.74, 6) is -0.587. The Morgan fingerprint density at radius 2 is 2.14 bits per heavy atom. The first kappa shape index (κ1) is 14.6. The fourth-order valence-corrected chi connectivity index (χ4v) is 2.93. The van der Waals surface area contributed by atoms with Gasteiger partial charge in [-0.15, -0.1) is 0 Å². The molecule has 2 aromatic rings. The average Bonchev–Trinajstić information content (AvgIpc) is 3.15. The van der Waals surface area contributed by atoms with Crippen molar-refractivity contribution in [3.63, 3.8) is 0 Å². The lowest BCUT2D eigenvalue weighted by molar-refractivity contribution is -0.149. The molecule has 116 valence electrons. The lowest BCUT2D eigenvalue weighted by Gasteiger charge is -2.25. The first-order chi connectivity index (χ1) is 10.6. The lowest BCUT2D eigenvalue weighted by Crippen LogP contribution is -2.27. The van der Waals surface area contributed by atoms with Gasteiger partial charge in [-0.3, -0.25) is 9.59 Å². The van der Waals surface area contributed by atoms with Crippen LogP contribution in [0.3, 0.4) is 0 Å². The molecule has 0 saturated carbocycles. The minimum atomic E-state index is -0.290. The highest BCUT2D eigenvalue weighted by Crippen LogP contribution is 2.31. The van der Waals surface area contributed by atoms with Gasteiger partial charge in [-0.1, -0.05) is 0 Å². The molecule has 2 aromatic heterocycles. The van der Waals surface area contributed by atoms with Gasteiger partial charge in [-0.2, -0.15) is 0 Å². The first-order valence-corrected chi connectivity index (χ1v) is 7.54. The quantitative estimate of drug-likeness (QED) is 0.643. The van der Waals surface area contributed by atoms with E-state index in [0.717, 1.165) is 25.1 Å². The maximum Gasteiger partial charge on any atom is 0.315 e. The van der Waals surface area contributed by atoms with Gasteiger partial charge in [0.05, 0.1) is 29.5 Å². The molecule has 5 nitrogen and oxygen atoms in total. The normalized spacial score (nSPS) is 17.3. The molecule has 0 spiro atoms. The van der Waals surface area contributed by atoms with E-state index in [0.29, 0.717) is 11.3 Å². The van der Waals surface area contributed by atoms with E-state index in [2.05, 4.69) is 0 Å². The highest BCUT2D eigenvalue weighted by Gasteiger charge is 2.31. The van der Waals surface area contributed by atoms with E-state index in [9.17, 15) is 9.59 Å². The monoisotopic (exact) mass is 301 g/mol. The summed E-state index contributed by atoms with van der Waals surface area (Å²) in [6, 6.07) is 5.29. The fraction of sp³-hybridized carbons (Fsp3) is 0.412. The maximum absolute atomic E-state index is 12.5. The van der Waals surface area contributed by atoms with Crippen molar-refractivity contribution in [3.8, 4) is 0 Å². The number of nitrogens with zero attached hydrogens (tertiary/aromatic N) is 1. The predicted octanol–water partition coefficient (Wildman–Crippen LogP) is 3.14. The molecular weight excluding hydrogens is 282 g/mol. The van der Waals surface area contributed by atoms with Gasteiger partial charge in [0.25, 0.3) is 0 Å². The summed E-state index contributed by atoms with van der Waals surface area (Å²) in [5, 5.41) is 0. The molecule has 3 rings (SSSR count). The molecule has 0 amide bonds. The Bertz CT molecular complexity index is 682. The zero-order valence-corrected chi connectivity index (χ0v) is 12.7. The highest BCUT2D eigenvalue weighted by molar-refractivity contribution is 6.08. The molecule has 0 bridgehead atoms. The predicted molar refractivity (Wildman–Crippen MR) is 79.8 cm³/mol. The van der Waals surface area contributed by atoms with Gasteiger partial charge in [-0.25, -0.2) is 0 Å². The van der Waals surface area contributed by atoms with E-state index in [-0.39, 0.29) is 23.8 Å². The van der Waals surface area contributed by atoms with E-state index >= 15 is 0 Å². The Morgan fingerprint density at radius 1 is 1.32 bits per heavy atom. The van der Waals surface area contributed by atoms with Gasteiger partial charge in [-0.05, 0) is 44.9 Å². The van der Waals surface area contributed by atoms with Crippen LogP contribution in [0.25, 0.3) is 0 Å². The van der Waals surface area contributed by atoms with E-state index < -0.39 is 0 Å². The zero-order chi connectivity index (χ0) is 15.7. The molecule has 5 heteroatoms. The van der Waals surface area contributed by atoms with Crippen molar-refractivity contribution in [2.45, 2.75) is 45.3 Å². The molecule has 0 aromatic carbocycles. The minimum Gasteiger partial charge on any atom is -0.472 e. The Labute approximate surface area is 128 Å². The van der Waals surface area contributed by atoms with Crippen molar-refractivity contribution < 1.29 is 18.7 Å². The Kier molecular flexibility index (Phi) is 3.88. The molecule has 1 atom stereocenters. The molecule has 1 aliphatic heterocycles. The molecule has 0 radical (unpaired) electrons. The van der Waals surface area contributed by atoms with Crippen LogP contribution in [-0.4, -0.2) is 22.4 Å². The fourth-order valence-electron chi connectivity index (χ4n) is 2.93. The second kappa shape index (κ2) is 5.83. The van der Waals surface area contributed by atoms with Crippen LogP contribution >= 0.6 is 0 Å². The summed E-state index contributed by atoms with van der Waals surface area (Å²) in [7, 11) is 0. The Morgan fingerprint density at radius 3 is 2.82 bits per heavy atom. The van der Waals surface area contributed by atoms with Crippen molar-refractivity contribution >= 4 is 11.8 Å². The van der Waals surface area contributed by atoms with Gasteiger partial charge in [0.1, 0.15) is 6.26 Å². The van der Waals surface area contributed by atoms with Crippen LogP contribution in [-0.2, 0) is 16.1 Å². The highest BCUT2D eigenvalue weighted by atomic mass is 16.5. The van der Waals surface area contributed by atoms with Crippen LogP contribution < -0.4 is 0 Å². The second-order valence-corrected chi connectivity index (χ2v) is 5.82. The van der Waals surface area contributed by atoms with Crippen LogP contribution in [0.2, 0.25) is 0 Å². The van der Waals surface area contributed by atoms with Crippen LogP contribution in [0.4, 0.5) is 0 Å². The summed E-state index contributed by atoms with van der Waals surface area (Å²) < 4.78 is 12.2. The lowest BCUT2D eigenvalue weighted by atomic mass is 9.96. The number of rotatable bonds is 4. The van der Waals surface area contributed by atoms with E-state index in [1.807, 2.05) is 24.5 Å². The van der Waals surface area contributed by atoms with Gasteiger partial charge in [0.15, 0.2) is 0 Å². The molecule has 0 aliphatic carbocycles. The van der Waals surface area contributed by atoms with Crippen molar-refractivity contribution in [2.75, 3.05) is 0 Å². The van der Waals surface area contributed by atoms with E-state index in [1.54, 1.807) is 12.1 Å². The van der Waals surface area contributed by atoms with Crippen molar-refractivity contribution in [1.82, 2.24) is 4.57 Å². The van der Waals surface area contributed by atoms with Gasteiger partial charge in [0.2, 0.25) is 5.78 Å². The zero-order valence-electron chi connectivity index (χ0n) is 12.7. The summed E-state index contributed by atoms with van der Waals surface area (Å²) in [4.78, 5) is 24.7. The van der Waals surface area contributed by atoms with E-state index in [1.165, 1.54) is 12.5 Å². The maximum atomic E-state index is 12.5. The third-order valence-electron chi connectivity index (χ3n) is 3.90. The number of ether oxygens (including phenoxy) is 1. The Hall–Kier alpha value is -2.30. The van der Waals surface area contributed by atoms with Crippen molar-refractivity contribution in [2.24, 2.45) is 0 Å². The SMILES string of the molecule is CC(C)OC(=O)C1CCCn2c(C(=O)c3ccoc3)ccc21. The molecule has 0 saturated heterocycles. The Balaban J connectivity index is 1.91. The number of furan rings is 1. The number of carbonyl (C=O) groups excluding carboxylic acids is 2. The summed E-state index contributed by atoms with van der Waals surface area (Å²) in [6.07, 6.45) is 4.40. The van der Waals surface area contributed by atoms with E-state index in [4.69, 9.17) is 9.15 Å². The number of hydrogen-bond donors (Lipinski definition) is 0. The summed E-state index contributed by atoms with van der Waals surface area (Å²) in [5.41, 5.74) is 1.98. The molecule has 1 unspecified atom stereocenters. The molecule has 0 fully saturated rings. The van der Waals surface area contributed by atoms with Crippen LogP contribution in [0.15, 0.2) is 35.1 Å². The topological polar surface area (TPSA) is 61.4 Å². The first-order valence-electron chi connectivity index (χ1n) is 7.54. The van der Waals surface area contributed by atoms with Crippen molar-refractivity contribution in [1.29, 1.82) is 0 Å². The molecular formula is C17H19NO4. The number of hydrogen-bond acceptors (Lipinski definition) is 4. The van der Waals surface area contributed by atoms with Crippen LogP contribution in [0, 0.1) is 0 Å². The number of carbonyl (C=O) groups is 2. The second-order valence-electron chi connectivity index (χ2n) is 5.82. The summed E-state index contributed by atoms with van der Waals surface area (Å²) in [6.45, 7) is 4.42. The smallest absolute Gasteiger partial charge is 0.315 e. The number of aromatic nitrogens is 1. The van der Waals surface area contributed by atoms with Gasteiger partial charge < -0.3 is 13.7 Å². The largest absolute Gasteiger partial charge is 0.472 e. The van der Waals surface area contributed by atoms with Gasteiger partial charge >= 0.3 is 5.97 Å².